The molecule has 6 rings (SSSR count). The van der Waals surface area contributed by atoms with E-state index in [4.69, 9.17) is 11.2 Å². The van der Waals surface area contributed by atoms with E-state index in [2.05, 4.69) is 32.4 Å². The standard InChI is InChI=1S/C34H30F3N7O2/c1-4-24-27(36)11-10-21-7-5-9-25(29(21)24)26-17-28-30(40-31(26)37)32(41-34(39-28)46-19-23-8-6-14-42(23)3)43-15-16-44(33(45)20(2)35)22(18-43)12-13-38/h1,5,7,9-11,17,22-23H,2,6,8,12,14-16,18-19H2,3H3/t22-,23?/m0/s1. The van der Waals surface area contributed by atoms with E-state index < -0.39 is 29.5 Å². The van der Waals surface area contributed by atoms with E-state index in [1.165, 1.54) is 17.0 Å². The number of rotatable bonds is 7. The van der Waals surface area contributed by atoms with Crippen molar-refractivity contribution in [3.63, 3.8) is 0 Å². The number of hydrogen-bond donors (Lipinski definition) is 0. The number of carbonyl (C=O) groups is 1. The van der Waals surface area contributed by atoms with Gasteiger partial charge in [-0.05, 0) is 49.5 Å². The molecule has 2 aromatic heterocycles. The van der Waals surface area contributed by atoms with Crippen LogP contribution in [0.25, 0.3) is 32.9 Å². The highest BCUT2D eigenvalue weighted by Crippen LogP contribution is 2.36. The fraction of sp³-hybridized carbons (Fsp3) is 0.324. The van der Waals surface area contributed by atoms with Crippen LogP contribution in [0.2, 0.25) is 0 Å². The molecule has 9 nitrogen and oxygen atoms in total. The quantitative estimate of drug-likeness (QED) is 0.161. The number of terminal acetylenes is 1. The van der Waals surface area contributed by atoms with E-state index in [1.807, 2.05) is 13.1 Å². The molecule has 2 saturated heterocycles. The monoisotopic (exact) mass is 625 g/mol. The van der Waals surface area contributed by atoms with Crippen LogP contribution in [0.1, 0.15) is 24.8 Å². The first kappa shape index (κ1) is 30.8. The van der Waals surface area contributed by atoms with Crippen molar-refractivity contribution in [1.29, 1.82) is 5.26 Å². The lowest BCUT2D eigenvalue weighted by atomic mass is 9.95. The molecular weight excluding hydrogens is 595 g/mol. The van der Waals surface area contributed by atoms with E-state index in [0.29, 0.717) is 22.9 Å². The largest absolute Gasteiger partial charge is 0.462 e. The summed E-state index contributed by atoms with van der Waals surface area (Å²) in [6, 6.07) is 11.1. The molecule has 12 heteroatoms. The van der Waals surface area contributed by atoms with E-state index in [1.54, 1.807) is 29.2 Å². The fourth-order valence-electron chi connectivity index (χ4n) is 6.31. The first-order valence-electron chi connectivity index (χ1n) is 14.9. The average Bonchev–Trinajstić information content (AvgIpc) is 3.47. The summed E-state index contributed by atoms with van der Waals surface area (Å²) in [6.45, 7) is 4.75. The van der Waals surface area contributed by atoms with Crippen molar-refractivity contribution < 1.29 is 22.7 Å². The number of benzene rings is 2. The molecular formula is C34H30F3N7O2. The van der Waals surface area contributed by atoms with Crippen LogP contribution < -0.4 is 9.64 Å². The number of ether oxygens (including phenoxy) is 1. The van der Waals surface area contributed by atoms with Gasteiger partial charge in [0.2, 0.25) is 5.95 Å². The second kappa shape index (κ2) is 12.7. The van der Waals surface area contributed by atoms with Crippen LogP contribution in [-0.4, -0.2) is 82.6 Å². The lowest BCUT2D eigenvalue weighted by molar-refractivity contribution is -0.131. The number of aromatic nitrogens is 3. The number of fused-ring (bicyclic) bond motifs is 2. The van der Waals surface area contributed by atoms with E-state index in [-0.39, 0.29) is 66.1 Å². The van der Waals surface area contributed by atoms with Crippen molar-refractivity contribution >= 4 is 33.5 Å². The summed E-state index contributed by atoms with van der Waals surface area (Å²) in [4.78, 5) is 31.2. The van der Waals surface area contributed by atoms with Gasteiger partial charge in [0.1, 0.15) is 17.9 Å². The molecule has 2 aromatic carbocycles. The van der Waals surface area contributed by atoms with Gasteiger partial charge >= 0.3 is 6.01 Å². The molecule has 0 saturated carbocycles. The van der Waals surface area contributed by atoms with Crippen molar-refractivity contribution in [2.75, 3.05) is 44.7 Å². The van der Waals surface area contributed by atoms with Gasteiger partial charge in [-0.3, -0.25) is 4.79 Å². The zero-order valence-corrected chi connectivity index (χ0v) is 25.1. The Bertz CT molecular complexity index is 1950. The molecule has 0 bridgehead atoms. The third-order valence-corrected chi connectivity index (χ3v) is 8.69. The van der Waals surface area contributed by atoms with Gasteiger partial charge in [-0.15, -0.1) is 6.42 Å². The van der Waals surface area contributed by atoms with Crippen LogP contribution in [0.5, 0.6) is 6.01 Å². The summed E-state index contributed by atoms with van der Waals surface area (Å²) < 4.78 is 50.7. The molecule has 2 atom stereocenters. The lowest BCUT2D eigenvalue weighted by Crippen LogP contribution is -2.55. The molecule has 2 fully saturated rings. The maximum Gasteiger partial charge on any atom is 0.319 e. The molecule has 2 aliphatic rings. The highest BCUT2D eigenvalue weighted by Gasteiger charge is 2.34. The highest BCUT2D eigenvalue weighted by molar-refractivity contribution is 6.02. The van der Waals surface area contributed by atoms with Crippen molar-refractivity contribution in [2.24, 2.45) is 0 Å². The number of likely N-dealkylation sites (N-methyl/N-ethyl adjacent to an activating group) is 1. The fourth-order valence-corrected chi connectivity index (χ4v) is 6.31. The number of piperazine rings is 1. The topological polar surface area (TPSA) is 98.5 Å². The van der Waals surface area contributed by atoms with Gasteiger partial charge in [-0.1, -0.05) is 36.8 Å². The third-order valence-electron chi connectivity index (χ3n) is 8.69. The second-order valence-corrected chi connectivity index (χ2v) is 11.4. The SMILES string of the molecule is C#Cc1c(F)ccc2cccc(-c3cc4nc(OCC5CCCN5C)nc(N5CCN(C(=O)C(=C)F)[C@@H](CC#N)C5)c4nc3F)c12. The highest BCUT2D eigenvalue weighted by atomic mass is 19.1. The summed E-state index contributed by atoms with van der Waals surface area (Å²) in [5.74, 6) is -0.821. The minimum Gasteiger partial charge on any atom is -0.462 e. The Morgan fingerprint density at radius 2 is 1.96 bits per heavy atom. The summed E-state index contributed by atoms with van der Waals surface area (Å²) in [7, 11) is 2.02. The normalized spacial score (nSPS) is 18.5. The van der Waals surface area contributed by atoms with Gasteiger partial charge in [0.15, 0.2) is 11.6 Å². The number of halogens is 3. The van der Waals surface area contributed by atoms with Crippen LogP contribution in [0, 0.1) is 35.4 Å². The molecule has 4 heterocycles. The van der Waals surface area contributed by atoms with Gasteiger partial charge in [-0.25, -0.2) is 13.8 Å². The summed E-state index contributed by atoms with van der Waals surface area (Å²) in [6.07, 6.45) is 7.59. The number of carbonyl (C=O) groups excluding carboxylic acids is 1. The van der Waals surface area contributed by atoms with Crippen LogP contribution in [0.15, 0.2) is 48.8 Å². The molecule has 2 aliphatic heterocycles. The maximum atomic E-state index is 16.1. The van der Waals surface area contributed by atoms with E-state index in [0.717, 1.165) is 19.4 Å². The third kappa shape index (κ3) is 5.68. The van der Waals surface area contributed by atoms with Crippen molar-refractivity contribution in [3.8, 4) is 35.6 Å². The summed E-state index contributed by atoms with van der Waals surface area (Å²) in [5, 5.41) is 10.5. The Hall–Kier alpha value is -5.20. The molecule has 0 aliphatic carbocycles. The maximum absolute atomic E-state index is 16.1. The zero-order chi connectivity index (χ0) is 32.5. The van der Waals surface area contributed by atoms with Crippen LogP contribution in [-0.2, 0) is 4.79 Å². The van der Waals surface area contributed by atoms with Crippen molar-refractivity contribution in [3.05, 3.63) is 66.1 Å². The Labute approximate surface area is 263 Å². The summed E-state index contributed by atoms with van der Waals surface area (Å²) in [5.41, 5.74) is 0.803. The Kier molecular flexibility index (Phi) is 8.48. The predicted molar refractivity (Wildman–Crippen MR) is 167 cm³/mol. The zero-order valence-electron chi connectivity index (χ0n) is 25.1. The number of nitriles is 1. The van der Waals surface area contributed by atoms with Crippen LogP contribution in [0.4, 0.5) is 19.0 Å². The van der Waals surface area contributed by atoms with Crippen LogP contribution >= 0.6 is 0 Å². The molecule has 0 radical (unpaired) electrons. The average molecular weight is 626 g/mol. The van der Waals surface area contributed by atoms with Gasteiger partial charge in [0, 0.05) is 36.6 Å². The molecule has 46 heavy (non-hydrogen) atoms. The van der Waals surface area contributed by atoms with Crippen LogP contribution in [0.3, 0.4) is 0 Å². The molecule has 1 unspecified atom stereocenters. The lowest BCUT2D eigenvalue weighted by Gasteiger charge is -2.41. The Morgan fingerprint density at radius 3 is 2.67 bits per heavy atom. The first-order chi connectivity index (χ1) is 22.2. The van der Waals surface area contributed by atoms with Crippen molar-refractivity contribution in [2.45, 2.75) is 31.3 Å². The van der Waals surface area contributed by atoms with Gasteiger partial charge in [0.25, 0.3) is 5.91 Å². The van der Waals surface area contributed by atoms with Gasteiger partial charge in [0.05, 0.1) is 29.6 Å². The van der Waals surface area contributed by atoms with E-state index >= 15 is 4.39 Å². The molecule has 1 amide bonds. The number of pyridine rings is 1. The minimum absolute atomic E-state index is 0.00703. The van der Waals surface area contributed by atoms with Gasteiger partial charge < -0.3 is 19.4 Å². The molecule has 0 N–H and O–H groups in total. The molecule has 4 aromatic rings. The smallest absolute Gasteiger partial charge is 0.319 e. The first-order valence-corrected chi connectivity index (χ1v) is 14.9. The Balaban J connectivity index is 1.47. The molecule has 234 valence electrons. The van der Waals surface area contributed by atoms with Gasteiger partial charge in [-0.2, -0.15) is 19.6 Å². The predicted octanol–water partition coefficient (Wildman–Crippen LogP) is 4.99. The second-order valence-electron chi connectivity index (χ2n) is 11.4. The van der Waals surface area contributed by atoms with E-state index in [9.17, 15) is 18.8 Å². The number of amides is 1. The summed E-state index contributed by atoms with van der Waals surface area (Å²) >= 11 is 0. The van der Waals surface area contributed by atoms with Crippen molar-refractivity contribution in [1.82, 2.24) is 24.8 Å². The number of hydrogen-bond acceptors (Lipinski definition) is 8. The Morgan fingerprint density at radius 1 is 1.13 bits per heavy atom. The minimum atomic E-state index is -1.12. The number of likely N-dealkylation sites (tertiary alicyclic amines) is 1. The number of anilines is 1. The molecule has 0 spiro atoms. The number of nitrogens with zero attached hydrogens (tertiary/aromatic N) is 7.